The third-order valence-corrected chi connectivity index (χ3v) is 4.07. The van der Waals surface area contributed by atoms with Crippen molar-refractivity contribution in [3.05, 3.63) is 9.81 Å². The fourth-order valence-electron chi connectivity index (χ4n) is 1.14. The van der Waals surface area contributed by atoms with Gasteiger partial charge in [-0.25, -0.2) is 0 Å². The lowest BCUT2D eigenvalue weighted by Gasteiger charge is -2.19. The molecule has 5 heteroatoms. The number of aliphatic hydroxyl groups is 1. The van der Waals surface area contributed by atoms with Crippen LogP contribution in [0.5, 0.6) is 0 Å². The molecule has 1 N–H and O–H groups in total. The second kappa shape index (κ2) is 8.03. The van der Waals surface area contributed by atoms with E-state index in [1.807, 2.05) is 13.8 Å². The lowest BCUT2D eigenvalue weighted by Crippen LogP contribution is -2.29. The number of rotatable bonds is 6. The Morgan fingerprint density at radius 1 is 1.25 bits per heavy atom. The highest BCUT2D eigenvalue weighted by Crippen LogP contribution is 2.33. The van der Waals surface area contributed by atoms with Crippen LogP contribution >= 0.6 is 23.5 Å². The van der Waals surface area contributed by atoms with E-state index < -0.39 is 6.10 Å². The molecule has 0 aliphatic carbocycles. The lowest BCUT2D eigenvalue weighted by atomic mass is 10.2. The van der Waals surface area contributed by atoms with Crippen LogP contribution in [0.25, 0.3) is 0 Å². The van der Waals surface area contributed by atoms with Crippen LogP contribution in [-0.4, -0.2) is 47.6 Å². The Kier molecular flexibility index (Phi) is 7.97. The van der Waals surface area contributed by atoms with Crippen LogP contribution in [0.3, 0.4) is 0 Å². The first-order valence-corrected chi connectivity index (χ1v) is 7.32. The van der Waals surface area contributed by atoms with Crippen molar-refractivity contribution in [3.8, 4) is 0 Å². The molecule has 0 bridgehead atoms. The smallest absolute Gasteiger partial charge is 0.253 e. The number of nitrogens with zero attached hydrogens (tertiary/aromatic N) is 1. The van der Waals surface area contributed by atoms with Crippen molar-refractivity contribution in [2.75, 3.05) is 25.6 Å². The molecular weight excluding hydrogens is 242 g/mol. The average molecular weight is 263 g/mol. The molecule has 1 unspecified atom stereocenters. The van der Waals surface area contributed by atoms with Crippen LogP contribution in [0, 0.1) is 0 Å². The molecule has 0 aliphatic rings. The highest BCUT2D eigenvalue weighted by molar-refractivity contribution is 8.22. The molecule has 3 nitrogen and oxygen atoms in total. The van der Waals surface area contributed by atoms with E-state index in [9.17, 15) is 9.90 Å². The van der Waals surface area contributed by atoms with Crippen LogP contribution < -0.4 is 0 Å². The van der Waals surface area contributed by atoms with Gasteiger partial charge >= 0.3 is 0 Å². The quantitative estimate of drug-likeness (QED) is 0.746. The molecule has 0 rings (SSSR count). The number of likely N-dealkylation sites (N-methyl/N-ethyl adjacent to an activating group) is 1. The molecule has 94 valence electrons. The van der Waals surface area contributed by atoms with E-state index in [1.165, 1.54) is 4.90 Å². The highest BCUT2D eigenvalue weighted by Gasteiger charge is 2.21. The van der Waals surface area contributed by atoms with Gasteiger partial charge in [0.2, 0.25) is 0 Å². The highest BCUT2D eigenvalue weighted by atomic mass is 32.2. The Labute approximate surface area is 107 Å². The van der Waals surface area contributed by atoms with Gasteiger partial charge in [0.1, 0.15) is 0 Å². The molecule has 0 aromatic heterocycles. The van der Waals surface area contributed by atoms with E-state index in [-0.39, 0.29) is 5.91 Å². The van der Waals surface area contributed by atoms with Crippen molar-refractivity contribution in [1.82, 2.24) is 4.90 Å². The summed E-state index contributed by atoms with van der Waals surface area (Å²) in [6.07, 6.45) is -0.719. The molecule has 0 fully saturated rings. The first kappa shape index (κ1) is 15.9. The number of aliphatic hydroxyl groups excluding tert-OH is 1. The van der Waals surface area contributed by atoms with Crippen molar-refractivity contribution in [2.24, 2.45) is 0 Å². The molecule has 1 atom stereocenters. The minimum atomic E-state index is -0.719. The monoisotopic (exact) mass is 263 g/mol. The lowest BCUT2D eigenvalue weighted by molar-refractivity contribution is -0.125. The first-order valence-electron chi connectivity index (χ1n) is 5.35. The number of amides is 1. The Morgan fingerprint density at radius 2 is 1.69 bits per heavy atom. The third kappa shape index (κ3) is 4.80. The third-order valence-electron chi connectivity index (χ3n) is 1.83. The molecular formula is C11H21NO2S2. The molecule has 0 aromatic carbocycles. The molecule has 0 saturated heterocycles. The molecule has 0 radical (unpaired) electrons. The Hall–Kier alpha value is -0.130. The van der Waals surface area contributed by atoms with E-state index in [0.717, 1.165) is 15.7 Å². The van der Waals surface area contributed by atoms with Gasteiger partial charge in [-0.2, -0.15) is 0 Å². The summed E-state index contributed by atoms with van der Waals surface area (Å²) >= 11 is 3.24. The largest absolute Gasteiger partial charge is 0.388 e. The van der Waals surface area contributed by atoms with Crippen molar-refractivity contribution < 1.29 is 9.90 Å². The predicted octanol–water partition coefficient (Wildman–Crippen LogP) is 2.17. The van der Waals surface area contributed by atoms with Gasteiger partial charge < -0.3 is 10.0 Å². The maximum Gasteiger partial charge on any atom is 0.253 e. The fraction of sp³-hybridized carbons (Fsp3) is 0.727. The zero-order chi connectivity index (χ0) is 12.7. The fourth-order valence-corrected chi connectivity index (χ4v) is 3.53. The van der Waals surface area contributed by atoms with Gasteiger partial charge in [-0.3, -0.25) is 4.79 Å². The molecule has 0 spiro atoms. The summed E-state index contributed by atoms with van der Waals surface area (Å²) in [5.41, 5.74) is 0.517. The van der Waals surface area contributed by atoms with E-state index >= 15 is 0 Å². The van der Waals surface area contributed by atoms with Gasteiger partial charge in [0.05, 0.1) is 15.9 Å². The Morgan fingerprint density at radius 3 is 1.94 bits per heavy atom. The summed E-state index contributed by atoms with van der Waals surface area (Å²) < 4.78 is 0.943. The molecule has 0 saturated carbocycles. The maximum atomic E-state index is 12.0. The summed E-state index contributed by atoms with van der Waals surface area (Å²) in [5.74, 6) is 1.70. The summed E-state index contributed by atoms with van der Waals surface area (Å²) in [6, 6.07) is 0. The average Bonchev–Trinajstić information content (AvgIpc) is 2.17. The van der Waals surface area contributed by atoms with Crippen LogP contribution in [0.4, 0.5) is 0 Å². The molecule has 16 heavy (non-hydrogen) atoms. The molecule has 0 aliphatic heterocycles. The minimum absolute atomic E-state index is 0.105. The van der Waals surface area contributed by atoms with Crippen LogP contribution in [0.2, 0.25) is 0 Å². The van der Waals surface area contributed by atoms with Crippen LogP contribution in [-0.2, 0) is 4.79 Å². The molecule has 0 aromatic rings. The summed E-state index contributed by atoms with van der Waals surface area (Å²) in [5, 5.41) is 9.72. The predicted molar refractivity (Wildman–Crippen MR) is 73.7 cm³/mol. The first-order chi connectivity index (χ1) is 7.45. The van der Waals surface area contributed by atoms with Gasteiger partial charge in [0, 0.05) is 14.1 Å². The van der Waals surface area contributed by atoms with E-state index in [4.69, 9.17) is 0 Å². The van der Waals surface area contributed by atoms with Crippen LogP contribution in [0.1, 0.15) is 20.8 Å². The zero-order valence-corrected chi connectivity index (χ0v) is 12.2. The number of carbonyl (C=O) groups is 1. The number of carbonyl (C=O) groups excluding carboxylic acids is 1. The standard InChI is InChI=1S/C11H21NO2S2/c1-6-15-11(16-7-2)9(8(3)13)10(14)12(4)5/h8,13H,6-7H2,1-5H3. The second-order valence-electron chi connectivity index (χ2n) is 3.44. The van der Waals surface area contributed by atoms with E-state index in [1.54, 1.807) is 44.5 Å². The van der Waals surface area contributed by atoms with Crippen molar-refractivity contribution in [2.45, 2.75) is 26.9 Å². The number of thioether (sulfide) groups is 2. The van der Waals surface area contributed by atoms with Gasteiger partial charge in [-0.1, -0.05) is 13.8 Å². The summed E-state index contributed by atoms with van der Waals surface area (Å²) in [4.78, 5) is 13.5. The van der Waals surface area contributed by atoms with E-state index in [0.29, 0.717) is 5.57 Å². The van der Waals surface area contributed by atoms with Gasteiger partial charge in [-0.15, -0.1) is 23.5 Å². The number of hydrogen-bond donors (Lipinski definition) is 1. The van der Waals surface area contributed by atoms with Crippen LogP contribution in [0.15, 0.2) is 9.81 Å². The maximum absolute atomic E-state index is 12.0. The Balaban J connectivity index is 5.21. The Bertz CT molecular complexity index is 255. The second-order valence-corrected chi connectivity index (χ2v) is 6.25. The van der Waals surface area contributed by atoms with Gasteiger partial charge in [-0.05, 0) is 18.4 Å². The van der Waals surface area contributed by atoms with Gasteiger partial charge in [0.25, 0.3) is 5.91 Å². The normalized spacial score (nSPS) is 12.1. The summed E-state index contributed by atoms with van der Waals surface area (Å²) in [7, 11) is 3.41. The topological polar surface area (TPSA) is 40.5 Å². The minimum Gasteiger partial charge on any atom is -0.388 e. The zero-order valence-electron chi connectivity index (χ0n) is 10.6. The van der Waals surface area contributed by atoms with Crippen molar-refractivity contribution in [3.63, 3.8) is 0 Å². The SMILES string of the molecule is CCSC(SCC)=C(C(=O)N(C)C)C(C)O. The van der Waals surface area contributed by atoms with Gasteiger partial charge in [0.15, 0.2) is 0 Å². The van der Waals surface area contributed by atoms with Crippen molar-refractivity contribution >= 4 is 29.4 Å². The van der Waals surface area contributed by atoms with E-state index in [2.05, 4.69) is 0 Å². The molecule has 0 heterocycles. The molecule has 1 amide bonds. The summed E-state index contributed by atoms with van der Waals surface area (Å²) in [6.45, 7) is 5.73. The number of hydrogen-bond acceptors (Lipinski definition) is 4. The van der Waals surface area contributed by atoms with Crippen molar-refractivity contribution in [1.29, 1.82) is 0 Å².